The summed E-state index contributed by atoms with van der Waals surface area (Å²) in [6.07, 6.45) is -11.4. The van der Waals surface area contributed by atoms with E-state index in [1.807, 2.05) is 0 Å². The molecule has 0 unspecified atom stereocenters. The normalized spacial score (nSPS) is 15.3. The van der Waals surface area contributed by atoms with Crippen molar-refractivity contribution in [2.75, 3.05) is 112 Å². The van der Waals surface area contributed by atoms with Crippen molar-refractivity contribution in [2.24, 2.45) is 0 Å². The summed E-state index contributed by atoms with van der Waals surface area (Å²) in [6, 6.07) is 0. The lowest BCUT2D eigenvalue weighted by molar-refractivity contribution is -0.487. The smallest absolute Gasteiger partial charge is 0.394 e. The number of halogens is 29. The molecule has 0 spiro atoms. The number of rotatable bonds is 38. The van der Waals surface area contributed by atoms with E-state index in [0.717, 1.165) is 0 Å². The summed E-state index contributed by atoms with van der Waals surface area (Å²) in [5.41, 5.74) is 0. The highest BCUT2D eigenvalue weighted by molar-refractivity contribution is 5.21. The maximum absolute atomic E-state index is 14.2. The van der Waals surface area contributed by atoms with Crippen LogP contribution in [0.2, 0.25) is 0 Å². The second kappa shape index (κ2) is 24.8. The lowest BCUT2D eigenvalue weighted by atomic mass is 9.83. The molecule has 0 aliphatic carbocycles. The zero-order chi connectivity index (χ0) is 55.4. The van der Waals surface area contributed by atoms with Crippen LogP contribution in [0, 0.1) is 0 Å². The summed E-state index contributed by atoms with van der Waals surface area (Å²) in [7, 11) is 0. The molecule has 0 saturated heterocycles. The van der Waals surface area contributed by atoms with E-state index in [-0.39, 0.29) is 79.3 Å². The third-order valence-corrected chi connectivity index (χ3v) is 8.55. The number of aliphatic hydroxyl groups is 1. The topological polar surface area (TPSA) is 94.1 Å². The van der Waals surface area contributed by atoms with E-state index in [2.05, 4.69) is 4.74 Å². The average Bonchev–Trinajstić information content (AvgIpc) is 3.22. The lowest BCUT2D eigenvalue weighted by Gasteiger charge is -2.46. The molecule has 9 nitrogen and oxygen atoms in total. The number of alkyl halides is 29. The molecule has 0 heterocycles. The van der Waals surface area contributed by atoms with Crippen LogP contribution in [0.25, 0.3) is 0 Å². The first-order chi connectivity index (χ1) is 31.3. The van der Waals surface area contributed by atoms with Crippen molar-refractivity contribution in [3.63, 3.8) is 0 Å². The van der Waals surface area contributed by atoms with Crippen LogP contribution in [0.15, 0.2) is 0 Å². The Labute approximate surface area is 373 Å². The van der Waals surface area contributed by atoms with Gasteiger partial charge in [-0.15, -0.1) is 0 Å². The maximum Gasteiger partial charge on any atom is 0.460 e. The zero-order valence-corrected chi connectivity index (χ0v) is 34.4. The van der Waals surface area contributed by atoms with Gasteiger partial charge in [0.25, 0.3) is 0 Å². The van der Waals surface area contributed by atoms with Gasteiger partial charge >= 0.3 is 83.2 Å². The lowest BCUT2D eigenvalue weighted by Crippen LogP contribution is -2.79. The standard InChI is InChI=1S/C32H37F29O9/c33-19(34,1-3-63-5-7-65-9-11-67-13-15-69-17-18-70-16-14-68-12-10-66-8-6-64-4-2-62)20(35,36)21(37,38)22(39,40)23(41,42)24(43,44)25(45,46)26(47,48)27(49,50)28(51,52)29(53,54)30(55,56)31(57,58)32(59,60)61/h62H,1-18H2. The molecule has 70 heavy (non-hydrogen) atoms. The first kappa shape index (κ1) is 67.6. The van der Waals surface area contributed by atoms with Gasteiger partial charge < -0.3 is 43.0 Å². The van der Waals surface area contributed by atoms with Crippen LogP contribution in [0.5, 0.6) is 0 Å². The van der Waals surface area contributed by atoms with Gasteiger partial charge in [-0.05, 0) is 0 Å². The fourth-order valence-electron chi connectivity index (χ4n) is 4.44. The first-order valence-corrected chi connectivity index (χ1v) is 18.5. The Balaban J connectivity index is 5.42. The van der Waals surface area contributed by atoms with Crippen molar-refractivity contribution in [1.82, 2.24) is 0 Å². The summed E-state index contributed by atoms with van der Waals surface area (Å²) in [4.78, 5) is 0. The van der Waals surface area contributed by atoms with E-state index in [4.69, 9.17) is 38.3 Å². The molecule has 0 rings (SSSR count). The van der Waals surface area contributed by atoms with Crippen molar-refractivity contribution in [2.45, 2.75) is 89.6 Å². The number of ether oxygens (including phenoxy) is 8. The molecule has 0 amide bonds. The minimum Gasteiger partial charge on any atom is -0.394 e. The number of hydrogen-bond donors (Lipinski definition) is 1. The summed E-state index contributed by atoms with van der Waals surface area (Å²) < 4.78 is 437. The van der Waals surface area contributed by atoms with Crippen LogP contribution in [0.4, 0.5) is 127 Å². The summed E-state index contributed by atoms with van der Waals surface area (Å²) >= 11 is 0. The molecule has 422 valence electrons. The van der Waals surface area contributed by atoms with Crippen molar-refractivity contribution in [1.29, 1.82) is 0 Å². The van der Waals surface area contributed by atoms with E-state index in [1.165, 1.54) is 0 Å². The van der Waals surface area contributed by atoms with Crippen molar-refractivity contribution >= 4 is 0 Å². The molecule has 0 fully saturated rings. The molecule has 0 aromatic rings. The molecule has 0 atom stereocenters. The summed E-state index contributed by atoms with van der Waals surface area (Å²) in [5, 5.41) is 8.53. The summed E-state index contributed by atoms with van der Waals surface area (Å²) in [5.74, 6) is -121. The molecule has 0 aromatic heterocycles. The molecule has 38 heteroatoms. The van der Waals surface area contributed by atoms with Gasteiger partial charge in [-0.3, -0.25) is 0 Å². The van der Waals surface area contributed by atoms with Crippen LogP contribution in [-0.2, 0) is 37.9 Å². The molecule has 0 radical (unpaired) electrons. The minimum atomic E-state index is -9.96. The fraction of sp³-hybridized carbons (Fsp3) is 1.00. The van der Waals surface area contributed by atoms with Gasteiger partial charge in [0.15, 0.2) is 0 Å². The molecule has 0 aromatic carbocycles. The Morgan fingerprint density at radius 1 is 0.200 bits per heavy atom. The largest absolute Gasteiger partial charge is 0.460 e. The van der Waals surface area contributed by atoms with E-state index in [9.17, 15) is 127 Å². The van der Waals surface area contributed by atoms with Gasteiger partial charge in [0.2, 0.25) is 0 Å². The molecule has 0 saturated carbocycles. The highest BCUT2D eigenvalue weighted by atomic mass is 19.4. The monoisotopic (exact) mass is 1120 g/mol. The van der Waals surface area contributed by atoms with Gasteiger partial charge in [0.05, 0.1) is 112 Å². The van der Waals surface area contributed by atoms with E-state index in [1.54, 1.807) is 0 Å². The summed E-state index contributed by atoms with van der Waals surface area (Å²) in [6.45, 7) is -2.62. The van der Waals surface area contributed by atoms with Crippen LogP contribution in [0.1, 0.15) is 6.42 Å². The highest BCUT2D eigenvalue weighted by Gasteiger charge is 3.00. The van der Waals surface area contributed by atoms with Crippen LogP contribution >= 0.6 is 0 Å². The van der Waals surface area contributed by atoms with Crippen LogP contribution in [0.3, 0.4) is 0 Å². The van der Waals surface area contributed by atoms with Gasteiger partial charge in [-0.2, -0.15) is 127 Å². The predicted molar refractivity (Wildman–Crippen MR) is 169 cm³/mol. The van der Waals surface area contributed by atoms with Crippen LogP contribution < -0.4 is 0 Å². The zero-order valence-electron chi connectivity index (χ0n) is 34.4. The number of hydrogen-bond acceptors (Lipinski definition) is 9. The van der Waals surface area contributed by atoms with Gasteiger partial charge in [0, 0.05) is 6.42 Å². The molecule has 0 aliphatic heterocycles. The van der Waals surface area contributed by atoms with E-state index >= 15 is 0 Å². The number of aliphatic hydroxyl groups excluding tert-OH is 1. The maximum atomic E-state index is 14.2. The van der Waals surface area contributed by atoms with Crippen LogP contribution in [-0.4, -0.2) is 201 Å². The van der Waals surface area contributed by atoms with E-state index < -0.39 is 109 Å². The predicted octanol–water partition coefficient (Wildman–Crippen LogP) is 9.32. The third-order valence-electron chi connectivity index (χ3n) is 8.55. The average molecular weight is 1120 g/mol. The quantitative estimate of drug-likeness (QED) is 0.0480. The van der Waals surface area contributed by atoms with Gasteiger partial charge in [0.1, 0.15) is 0 Å². The van der Waals surface area contributed by atoms with Gasteiger partial charge in [-0.1, -0.05) is 0 Å². The molecule has 0 aliphatic rings. The highest BCUT2D eigenvalue weighted by Crippen LogP contribution is 2.69. The van der Waals surface area contributed by atoms with Gasteiger partial charge in [-0.25, -0.2) is 0 Å². The second-order valence-corrected chi connectivity index (χ2v) is 13.5. The van der Waals surface area contributed by atoms with Crippen molar-refractivity contribution < 1.29 is 170 Å². The van der Waals surface area contributed by atoms with Crippen molar-refractivity contribution in [3.8, 4) is 0 Å². The van der Waals surface area contributed by atoms with E-state index in [0.29, 0.717) is 13.2 Å². The molecule has 1 N–H and O–H groups in total. The fourth-order valence-corrected chi connectivity index (χ4v) is 4.44. The molecular weight excluding hydrogens is 1080 g/mol. The first-order valence-electron chi connectivity index (χ1n) is 18.5. The Morgan fingerprint density at radius 3 is 0.543 bits per heavy atom. The molecule has 0 bridgehead atoms. The Hall–Kier alpha value is -2.39. The second-order valence-electron chi connectivity index (χ2n) is 13.5. The third kappa shape index (κ3) is 13.5. The molecular formula is C32H37F29O9. The minimum absolute atomic E-state index is 0.00265. The Kier molecular flexibility index (Phi) is 23.9. The Bertz CT molecular complexity index is 1530. The van der Waals surface area contributed by atoms with Crippen molar-refractivity contribution in [3.05, 3.63) is 0 Å². The Morgan fingerprint density at radius 2 is 0.357 bits per heavy atom. The SMILES string of the molecule is OCCOCCOCCOCCOCCOCCOCCOCCOCCC(F)(F)C(F)(F)C(F)(F)C(F)(F)C(F)(F)C(F)(F)C(F)(F)C(F)(F)C(F)(F)C(F)(F)C(F)(F)C(F)(F)C(F)(F)C(F)(F)F.